The number of H-pyrrole nitrogens is 5. The number of carbonyl (C=O) groups is 2. The second-order valence-electron chi connectivity index (χ2n) is 25.3. The predicted molar refractivity (Wildman–Crippen MR) is 400 cm³/mol. The van der Waals surface area contributed by atoms with Crippen molar-refractivity contribution < 1.29 is 23.1 Å². The molecule has 0 saturated carbocycles. The Balaban J connectivity index is 0.000000119. The van der Waals surface area contributed by atoms with E-state index < -0.39 is 16.1 Å². The summed E-state index contributed by atoms with van der Waals surface area (Å²) < 4.78 is 25.4. The maximum absolute atomic E-state index is 12.1. The van der Waals surface area contributed by atoms with Crippen LogP contribution in [0.5, 0.6) is 0 Å². The first kappa shape index (κ1) is 70.8. The summed E-state index contributed by atoms with van der Waals surface area (Å²) in [4.78, 5) is 34.0. The number of anilines is 2. The number of halogens is 5. The number of aromatic amines is 5. The summed E-state index contributed by atoms with van der Waals surface area (Å²) in [5.74, 6) is 0.305. The Kier molecular flexibility index (Phi) is 21.8. The van der Waals surface area contributed by atoms with Crippen LogP contribution in [0, 0.1) is 5.41 Å². The minimum absolute atomic E-state index is 0.108. The first-order valence-electron chi connectivity index (χ1n) is 32.5. The van der Waals surface area contributed by atoms with Crippen LogP contribution in [0.4, 0.5) is 11.4 Å². The molecule has 1 spiro atoms. The Morgan fingerprint density at radius 2 is 1.10 bits per heavy atom. The predicted octanol–water partition coefficient (Wildman–Crippen LogP) is 15.1. The third-order valence-corrected chi connectivity index (χ3v) is 21.5. The molecule has 0 bridgehead atoms. The van der Waals surface area contributed by atoms with Crippen LogP contribution in [0.1, 0.15) is 62.5 Å². The molecule has 13 aromatic rings. The van der Waals surface area contributed by atoms with E-state index in [0.29, 0.717) is 32.9 Å². The average Bonchev–Trinajstić information content (AvgIpc) is 1.82. The molecular formula is C73H73Cl5N16O5S. The summed E-state index contributed by atoms with van der Waals surface area (Å²) in [6.45, 7) is 8.19. The van der Waals surface area contributed by atoms with Crippen LogP contribution in [0.3, 0.4) is 0 Å². The number of pyridine rings is 1. The van der Waals surface area contributed by atoms with Gasteiger partial charge >= 0.3 is 0 Å². The van der Waals surface area contributed by atoms with Crippen LogP contribution in [0.15, 0.2) is 169 Å². The number of nitrogens with one attached hydrogen (secondary N) is 6. The lowest BCUT2D eigenvalue weighted by Crippen LogP contribution is -2.41. The highest BCUT2D eigenvalue weighted by atomic mass is 35.5. The normalized spacial score (nSPS) is 15.3. The van der Waals surface area contributed by atoms with Gasteiger partial charge in [-0.3, -0.25) is 40.1 Å². The summed E-state index contributed by atoms with van der Waals surface area (Å²) >= 11 is 30.7. The van der Waals surface area contributed by atoms with E-state index in [2.05, 4.69) is 84.1 Å². The van der Waals surface area contributed by atoms with Gasteiger partial charge in [-0.1, -0.05) is 107 Å². The second-order valence-corrected chi connectivity index (χ2v) is 29.6. The van der Waals surface area contributed by atoms with Crippen molar-refractivity contribution in [3.63, 3.8) is 0 Å². The SMILES string of the molecule is CC(=O)N(C)C1CCN(c2cc(Cl)cc3[nH]ncc23)C1.CCc1cc(-c2cc(Cl)cc3[nH]ncc23)ccn1.CN(C)S(=O)(=O)c1ccc(-c2cc(Cl)cc3[nH]ncc23)cc1.O=C1CC2(CCN(c3cc(Cl)cc4[nH]ncc34)CC2)CN1.OC(Cc1ccccc1)c1cc(Cl)cc2[nH]ncc12. The van der Waals surface area contributed by atoms with Crippen LogP contribution in [-0.4, -0.2) is 150 Å². The summed E-state index contributed by atoms with van der Waals surface area (Å²) in [6, 6.07) is 39.8. The first-order chi connectivity index (χ1) is 48.1. The van der Waals surface area contributed by atoms with Crippen molar-refractivity contribution in [2.24, 2.45) is 5.41 Å². The van der Waals surface area contributed by atoms with E-state index in [4.69, 9.17) is 58.0 Å². The highest BCUT2D eigenvalue weighted by molar-refractivity contribution is 7.89. The molecule has 9 heterocycles. The number of aliphatic hydroxyl groups excluding tert-OH is 1. The number of carbonyl (C=O) groups excluding carboxylic acids is 2. The Labute approximate surface area is 602 Å². The smallest absolute Gasteiger partial charge is 0.242 e. The number of aliphatic hydroxyl groups is 1. The third kappa shape index (κ3) is 16.0. The van der Waals surface area contributed by atoms with E-state index in [1.165, 1.54) is 18.4 Å². The molecule has 21 nitrogen and oxygen atoms in total. The van der Waals surface area contributed by atoms with Gasteiger partial charge in [0.2, 0.25) is 21.8 Å². The number of amides is 2. The van der Waals surface area contributed by atoms with Crippen LogP contribution in [0.2, 0.25) is 25.1 Å². The topological polar surface area (TPSA) is 270 Å². The molecule has 3 fully saturated rings. The number of aromatic nitrogens is 11. The van der Waals surface area contributed by atoms with E-state index >= 15 is 0 Å². The number of fused-ring (bicyclic) bond motifs is 5. The number of hydrogen-bond acceptors (Lipinski definition) is 13. The highest BCUT2D eigenvalue weighted by Gasteiger charge is 2.41. The monoisotopic (exact) mass is 1460 g/mol. The van der Waals surface area contributed by atoms with Crippen LogP contribution in [-0.2, 0) is 32.5 Å². The van der Waals surface area contributed by atoms with Gasteiger partial charge in [0.15, 0.2) is 0 Å². The fourth-order valence-electron chi connectivity index (χ4n) is 13.0. The molecule has 3 aliphatic rings. The Hall–Kier alpha value is -9.10. The lowest BCUT2D eigenvalue weighted by Gasteiger charge is -2.39. The lowest BCUT2D eigenvalue weighted by atomic mass is 9.77. The zero-order valence-electron chi connectivity index (χ0n) is 55.4. The maximum atomic E-state index is 12.1. The van der Waals surface area contributed by atoms with Crippen LogP contribution >= 0.6 is 58.0 Å². The van der Waals surface area contributed by atoms with Crippen molar-refractivity contribution in [3.8, 4) is 22.3 Å². The summed E-state index contributed by atoms with van der Waals surface area (Å²) in [6.07, 6.45) is 15.4. The van der Waals surface area contributed by atoms with Crippen molar-refractivity contribution in [2.45, 2.75) is 69.4 Å². The zero-order chi connectivity index (χ0) is 70.4. The van der Waals surface area contributed by atoms with E-state index in [1.54, 1.807) is 55.7 Å². The van der Waals surface area contributed by atoms with Gasteiger partial charge < -0.3 is 25.1 Å². The van der Waals surface area contributed by atoms with Gasteiger partial charge in [-0.05, 0) is 149 Å². The first-order valence-corrected chi connectivity index (χ1v) is 35.8. The number of likely N-dealkylation sites (N-methyl/N-ethyl adjacent to an activating group) is 1. The molecule has 0 radical (unpaired) electrons. The molecule has 27 heteroatoms. The molecule has 3 aliphatic heterocycles. The summed E-state index contributed by atoms with van der Waals surface area (Å²) in [7, 11) is 1.45. The van der Waals surface area contributed by atoms with Crippen molar-refractivity contribution in [3.05, 3.63) is 207 Å². The standard InChI is InChI=1S/C15H17ClN4O.C15H14ClN3O2S.C15H13ClN2O.C14H17ClN4O.C14H12ClN3/c16-10-5-12-11(8-18-19-12)13(6-10)20-3-1-15(2-4-20)7-14(21)17-9-15;1-19(2)22(20,21)12-5-3-10(4-6-12)13-7-11(16)8-15-14(13)9-17-18-15;16-11-7-12(13-9-17-18-14(13)8-11)15(19)6-10-4-2-1-3-5-10;1-9(20)18(2)11-3-4-19(8-11)14-6-10(15)5-13-12(14)7-16-17-13;1-2-11-5-9(3-4-16-11)12-6-10(15)7-14-13(12)8-17-18-14/h5-6,8H,1-4,7,9H2,(H,17,21)(H,18,19);3-9H,1-2H3,(H,17,18);1-5,7-9,15,19H,6H2,(H,17,18);5-7,11H,3-4,8H2,1-2H3,(H,16,17);3-8H,2H2,1H3,(H,17,18). The molecule has 7 N–H and O–H groups in total. The van der Waals surface area contributed by atoms with Gasteiger partial charge in [0, 0.05) is 149 Å². The van der Waals surface area contributed by atoms with Gasteiger partial charge in [-0.15, -0.1) is 0 Å². The van der Waals surface area contributed by atoms with Gasteiger partial charge in [-0.2, -0.15) is 25.5 Å². The Morgan fingerprint density at radius 1 is 0.610 bits per heavy atom. The molecule has 7 aromatic carbocycles. The molecule has 2 amide bonds. The number of aryl methyl sites for hydroxylation is 1. The minimum atomic E-state index is -3.43. The van der Waals surface area contributed by atoms with E-state index in [9.17, 15) is 23.1 Å². The Morgan fingerprint density at radius 3 is 1.62 bits per heavy atom. The maximum Gasteiger partial charge on any atom is 0.242 e. The van der Waals surface area contributed by atoms with E-state index in [0.717, 1.165) is 168 Å². The molecule has 3 saturated heterocycles. The quantitative estimate of drug-likeness (QED) is 0.0636. The van der Waals surface area contributed by atoms with E-state index in [1.807, 2.05) is 122 Å². The van der Waals surface area contributed by atoms with Crippen molar-refractivity contribution in [1.29, 1.82) is 0 Å². The van der Waals surface area contributed by atoms with E-state index in [-0.39, 0.29) is 28.2 Å². The molecule has 6 aromatic heterocycles. The summed E-state index contributed by atoms with van der Waals surface area (Å²) in [5.41, 5.74) is 13.9. The molecule has 2 unspecified atom stereocenters. The second kappa shape index (κ2) is 30.8. The van der Waals surface area contributed by atoms with Crippen LogP contribution in [0.25, 0.3) is 76.8 Å². The lowest BCUT2D eigenvalue weighted by molar-refractivity contribution is -0.129. The number of hydrogen-bond donors (Lipinski definition) is 7. The fraction of sp³-hybridized carbons (Fsp3) is 0.260. The molecule has 16 rings (SSSR count). The van der Waals surface area contributed by atoms with Gasteiger partial charge in [-0.25, -0.2) is 12.7 Å². The number of benzene rings is 7. The van der Waals surface area contributed by atoms with Gasteiger partial charge in [0.05, 0.1) is 75.6 Å². The molecule has 2 atom stereocenters. The van der Waals surface area contributed by atoms with Gasteiger partial charge in [0.1, 0.15) is 0 Å². The minimum Gasteiger partial charge on any atom is -0.388 e. The van der Waals surface area contributed by atoms with Crippen molar-refractivity contribution in [2.75, 3.05) is 63.7 Å². The van der Waals surface area contributed by atoms with Crippen molar-refractivity contribution in [1.82, 2.24) is 70.5 Å². The fourth-order valence-corrected chi connectivity index (χ4v) is 15.0. The number of sulfonamides is 1. The molecule has 516 valence electrons. The van der Waals surface area contributed by atoms with Gasteiger partial charge in [0.25, 0.3) is 0 Å². The Bertz CT molecular complexity index is 5170. The third-order valence-electron chi connectivity index (χ3n) is 18.6. The van der Waals surface area contributed by atoms with Crippen molar-refractivity contribution >= 4 is 146 Å². The summed E-state index contributed by atoms with van der Waals surface area (Å²) in [5, 5.41) is 56.7. The number of rotatable bonds is 11. The molecular weight excluding hydrogens is 1390 g/mol. The number of nitrogens with zero attached hydrogens (tertiary/aromatic N) is 10. The highest BCUT2D eigenvalue weighted by Crippen LogP contribution is 2.42. The average molecular weight is 1460 g/mol. The number of piperidine rings is 1. The molecule has 0 aliphatic carbocycles. The zero-order valence-corrected chi connectivity index (χ0v) is 60.0. The molecule has 100 heavy (non-hydrogen) atoms. The van der Waals surface area contributed by atoms with Crippen LogP contribution < -0.4 is 15.1 Å². The largest absolute Gasteiger partial charge is 0.388 e.